The fourth-order valence-corrected chi connectivity index (χ4v) is 3.59. The van der Waals surface area contributed by atoms with Crippen LogP contribution >= 0.6 is 24.2 Å². The number of aryl methyl sites for hydroxylation is 2. The Bertz CT molecular complexity index is 438. The van der Waals surface area contributed by atoms with Crippen molar-refractivity contribution in [1.82, 2.24) is 4.90 Å². The summed E-state index contributed by atoms with van der Waals surface area (Å²) in [5.74, 6) is 1.17. The van der Waals surface area contributed by atoms with Crippen LogP contribution in [0.4, 0.5) is 0 Å². The number of nitrogens with two attached hydrogens (primary N) is 1. The van der Waals surface area contributed by atoms with Crippen LogP contribution in [0.25, 0.3) is 0 Å². The van der Waals surface area contributed by atoms with Crippen molar-refractivity contribution in [3.05, 3.63) is 29.3 Å². The van der Waals surface area contributed by atoms with Gasteiger partial charge in [0.25, 0.3) is 0 Å². The minimum Gasteiger partial charge on any atom is -0.330 e. The number of thioether (sulfide) groups is 1. The predicted molar refractivity (Wildman–Crippen MR) is 92.1 cm³/mol. The molecule has 1 atom stereocenters. The van der Waals surface area contributed by atoms with Gasteiger partial charge in [-0.3, -0.25) is 0 Å². The fraction of sp³-hybridized carbons (Fsp3) is 0.625. The third-order valence-electron chi connectivity index (χ3n) is 4.28. The van der Waals surface area contributed by atoms with E-state index in [1.165, 1.54) is 41.3 Å². The molecule has 0 spiro atoms. The molecule has 0 aliphatic carbocycles. The van der Waals surface area contributed by atoms with Crippen LogP contribution in [-0.4, -0.2) is 36.8 Å². The highest BCUT2D eigenvalue weighted by Gasteiger charge is 2.31. The molecule has 1 aromatic rings. The van der Waals surface area contributed by atoms with Crippen molar-refractivity contribution in [2.45, 2.75) is 32.1 Å². The molecule has 0 amide bonds. The monoisotopic (exact) mass is 314 g/mol. The van der Waals surface area contributed by atoms with Gasteiger partial charge < -0.3 is 10.6 Å². The second kappa shape index (κ2) is 7.69. The number of benzene rings is 1. The maximum absolute atomic E-state index is 5.85. The van der Waals surface area contributed by atoms with Crippen LogP contribution in [-0.2, 0) is 0 Å². The largest absolute Gasteiger partial charge is 0.330 e. The molecular weight excluding hydrogens is 288 g/mol. The molecule has 2 nitrogen and oxygen atoms in total. The molecule has 1 aromatic carbocycles. The van der Waals surface area contributed by atoms with Gasteiger partial charge in [-0.15, -0.1) is 24.2 Å². The number of halogens is 1. The van der Waals surface area contributed by atoms with E-state index in [2.05, 4.69) is 43.9 Å². The molecule has 0 radical (unpaired) electrons. The highest BCUT2D eigenvalue weighted by atomic mass is 35.5. The smallest absolute Gasteiger partial charge is 0.0108 e. The van der Waals surface area contributed by atoms with Crippen LogP contribution in [0.15, 0.2) is 23.1 Å². The summed E-state index contributed by atoms with van der Waals surface area (Å²) in [7, 11) is 0. The summed E-state index contributed by atoms with van der Waals surface area (Å²) in [5.41, 5.74) is 8.97. The summed E-state index contributed by atoms with van der Waals surface area (Å²) in [4.78, 5) is 3.95. The first-order chi connectivity index (χ1) is 9.02. The summed E-state index contributed by atoms with van der Waals surface area (Å²) in [5, 5.41) is 0. The Morgan fingerprint density at radius 2 is 2.05 bits per heavy atom. The lowest BCUT2D eigenvalue weighted by Crippen LogP contribution is -2.32. The summed E-state index contributed by atoms with van der Waals surface area (Å²) in [6.45, 7) is 11.0. The van der Waals surface area contributed by atoms with Crippen molar-refractivity contribution in [1.29, 1.82) is 0 Å². The molecule has 0 aromatic heterocycles. The molecule has 1 fully saturated rings. The second-order valence-electron chi connectivity index (χ2n) is 6.14. The first-order valence-corrected chi connectivity index (χ1v) is 8.13. The van der Waals surface area contributed by atoms with E-state index in [0.717, 1.165) is 13.1 Å². The maximum Gasteiger partial charge on any atom is 0.0108 e. The molecule has 1 aliphatic rings. The molecule has 0 bridgehead atoms. The first kappa shape index (κ1) is 17.8. The van der Waals surface area contributed by atoms with Gasteiger partial charge in [-0.2, -0.15) is 0 Å². The highest BCUT2D eigenvalue weighted by Crippen LogP contribution is 2.29. The van der Waals surface area contributed by atoms with Gasteiger partial charge in [0, 0.05) is 23.7 Å². The average molecular weight is 315 g/mol. The molecule has 1 aliphatic heterocycles. The van der Waals surface area contributed by atoms with Crippen LogP contribution in [0.1, 0.15) is 24.5 Å². The van der Waals surface area contributed by atoms with E-state index in [4.69, 9.17) is 5.73 Å². The van der Waals surface area contributed by atoms with Crippen LogP contribution in [0.5, 0.6) is 0 Å². The standard InChI is InChI=1S/C16H26N2S.ClH/c1-13-4-5-15(10-14(13)2)19-9-8-18-7-6-16(3,11-17)12-18;/h4-5,10H,6-9,11-12,17H2,1-3H3;1H. The molecule has 1 heterocycles. The van der Waals surface area contributed by atoms with Gasteiger partial charge in [0.2, 0.25) is 0 Å². The molecule has 4 heteroatoms. The Kier molecular flexibility index (Phi) is 6.86. The van der Waals surface area contributed by atoms with E-state index in [-0.39, 0.29) is 12.4 Å². The normalized spacial score (nSPS) is 22.8. The third-order valence-corrected chi connectivity index (χ3v) is 5.26. The van der Waals surface area contributed by atoms with Crippen molar-refractivity contribution in [2.75, 3.05) is 31.9 Å². The van der Waals surface area contributed by atoms with Gasteiger partial charge in [0.15, 0.2) is 0 Å². The van der Waals surface area contributed by atoms with E-state index in [1.54, 1.807) is 0 Å². The molecular formula is C16H27ClN2S. The van der Waals surface area contributed by atoms with Gasteiger partial charge in [-0.1, -0.05) is 13.0 Å². The summed E-state index contributed by atoms with van der Waals surface area (Å²) >= 11 is 1.96. The molecule has 114 valence electrons. The number of nitrogens with zero attached hydrogens (tertiary/aromatic N) is 1. The van der Waals surface area contributed by atoms with E-state index >= 15 is 0 Å². The topological polar surface area (TPSA) is 29.3 Å². The lowest BCUT2D eigenvalue weighted by molar-refractivity contribution is 0.293. The number of hydrogen-bond acceptors (Lipinski definition) is 3. The Balaban J connectivity index is 0.00000200. The van der Waals surface area contributed by atoms with Crippen LogP contribution < -0.4 is 5.73 Å². The summed E-state index contributed by atoms with van der Waals surface area (Å²) < 4.78 is 0. The average Bonchev–Trinajstić information content (AvgIpc) is 2.77. The summed E-state index contributed by atoms with van der Waals surface area (Å²) in [6.07, 6.45) is 1.25. The van der Waals surface area contributed by atoms with Gasteiger partial charge in [0.1, 0.15) is 0 Å². The fourth-order valence-electron chi connectivity index (χ4n) is 2.58. The lowest BCUT2D eigenvalue weighted by Gasteiger charge is -2.22. The van der Waals surface area contributed by atoms with Crippen molar-refractivity contribution in [3.8, 4) is 0 Å². The molecule has 2 rings (SSSR count). The third kappa shape index (κ3) is 4.66. The Morgan fingerprint density at radius 3 is 2.65 bits per heavy atom. The first-order valence-electron chi connectivity index (χ1n) is 7.15. The number of hydrogen-bond donors (Lipinski definition) is 1. The van der Waals surface area contributed by atoms with Crippen molar-refractivity contribution in [3.63, 3.8) is 0 Å². The van der Waals surface area contributed by atoms with Crippen molar-refractivity contribution in [2.24, 2.45) is 11.1 Å². The quantitative estimate of drug-likeness (QED) is 0.844. The number of rotatable bonds is 5. The minimum absolute atomic E-state index is 0. The zero-order valence-electron chi connectivity index (χ0n) is 12.8. The molecule has 2 N–H and O–H groups in total. The minimum atomic E-state index is 0. The maximum atomic E-state index is 5.85. The zero-order valence-corrected chi connectivity index (χ0v) is 14.4. The van der Waals surface area contributed by atoms with Gasteiger partial charge >= 0.3 is 0 Å². The SMILES string of the molecule is Cc1ccc(SCCN2CCC(C)(CN)C2)cc1C.Cl. The second-order valence-corrected chi connectivity index (χ2v) is 7.30. The zero-order chi connectivity index (χ0) is 13.9. The Morgan fingerprint density at radius 1 is 1.30 bits per heavy atom. The van der Waals surface area contributed by atoms with Gasteiger partial charge in [-0.05, 0) is 62.0 Å². The molecule has 20 heavy (non-hydrogen) atoms. The number of likely N-dealkylation sites (tertiary alicyclic amines) is 1. The van der Waals surface area contributed by atoms with Gasteiger partial charge in [-0.25, -0.2) is 0 Å². The van der Waals surface area contributed by atoms with E-state index in [1.807, 2.05) is 11.8 Å². The van der Waals surface area contributed by atoms with Crippen LogP contribution in [0.3, 0.4) is 0 Å². The lowest BCUT2D eigenvalue weighted by atomic mass is 9.90. The van der Waals surface area contributed by atoms with Crippen molar-refractivity contribution < 1.29 is 0 Å². The predicted octanol–water partition coefficient (Wildman–Crippen LogP) is 3.49. The van der Waals surface area contributed by atoms with E-state index in [9.17, 15) is 0 Å². The molecule has 0 saturated carbocycles. The van der Waals surface area contributed by atoms with E-state index < -0.39 is 0 Å². The molecule has 1 saturated heterocycles. The van der Waals surface area contributed by atoms with E-state index in [0.29, 0.717) is 5.41 Å². The Labute approximate surface area is 133 Å². The van der Waals surface area contributed by atoms with Crippen LogP contribution in [0.2, 0.25) is 0 Å². The molecule has 1 unspecified atom stereocenters. The summed E-state index contributed by atoms with van der Waals surface area (Å²) in [6, 6.07) is 6.76. The van der Waals surface area contributed by atoms with Crippen molar-refractivity contribution >= 4 is 24.2 Å². The van der Waals surface area contributed by atoms with Gasteiger partial charge in [0.05, 0.1) is 0 Å². The highest BCUT2D eigenvalue weighted by molar-refractivity contribution is 7.99. The Hall–Kier alpha value is -0.220. The van der Waals surface area contributed by atoms with Crippen LogP contribution in [0, 0.1) is 19.3 Å².